The van der Waals surface area contributed by atoms with Gasteiger partial charge in [0.05, 0.1) is 5.60 Å². The average molecular weight is 128 g/mol. The van der Waals surface area contributed by atoms with Crippen LogP contribution in [0.3, 0.4) is 0 Å². The highest BCUT2D eigenvalue weighted by molar-refractivity contribution is 5.04. The van der Waals surface area contributed by atoms with E-state index in [-0.39, 0.29) is 5.60 Å². The molecule has 1 heteroatoms. The van der Waals surface area contributed by atoms with E-state index in [1.54, 1.807) is 0 Å². The predicted octanol–water partition coefficient (Wildman–Crippen LogP) is 2.21. The van der Waals surface area contributed by atoms with Gasteiger partial charge in [0, 0.05) is 7.11 Å². The molecular weight excluding hydrogens is 112 g/mol. The van der Waals surface area contributed by atoms with Crippen molar-refractivity contribution in [3.8, 4) is 0 Å². The highest BCUT2D eigenvalue weighted by Gasteiger charge is 2.52. The van der Waals surface area contributed by atoms with Crippen LogP contribution < -0.4 is 0 Å². The lowest BCUT2D eigenvalue weighted by atomic mass is 9.87. The summed E-state index contributed by atoms with van der Waals surface area (Å²) in [5, 5.41) is 0. The minimum Gasteiger partial charge on any atom is -0.378 e. The summed E-state index contributed by atoms with van der Waals surface area (Å²) in [6, 6.07) is 0. The second kappa shape index (κ2) is 1.72. The molecule has 0 amide bonds. The van der Waals surface area contributed by atoms with Gasteiger partial charge in [-0.2, -0.15) is 0 Å². The van der Waals surface area contributed by atoms with Crippen LogP contribution in [0.4, 0.5) is 0 Å². The van der Waals surface area contributed by atoms with Crippen molar-refractivity contribution < 1.29 is 4.74 Å². The molecule has 0 aliphatic heterocycles. The summed E-state index contributed by atoms with van der Waals surface area (Å²) in [5.41, 5.74) is 0.564. The van der Waals surface area contributed by atoms with Gasteiger partial charge in [0.1, 0.15) is 0 Å². The highest BCUT2D eigenvalue weighted by Crippen LogP contribution is 2.52. The summed E-state index contributed by atoms with van der Waals surface area (Å²) in [6.07, 6.45) is 2.49. The largest absolute Gasteiger partial charge is 0.378 e. The summed E-state index contributed by atoms with van der Waals surface area (Å²) in [6.45, 7) is 6.72. The molecule has 1 rings (SSSR count). The number of rotatable bonds is 1. The molecule has 0 heterocycles. The molecule has 0 aromatic carbocycles. The molecule has 0 bridgehead atoms. The van der Waals surface area contributed by atoms with Crippen LogP contribution in [0.1, 0.15) is 33.6 Å². The molecule has 1 aliphatic rings. The summed E-state index contributed by atoms with van der Waals surface area (Å²) < 4.78 is 5.41. The third-order valence-electron chi connectivity index (χ3n) is 2.46. The first kappa shape index (κ1) is 7.07. The topological polar surface area (TPSA) is 9.23 Å². The summed E-state index contributed by atoms with van der Waals surface area (Å²) in [7, 11) is 1.82. The SMILES string of the molecule is COC1(C(C)(C)C)CC1. The zero-order valence-corrected chi connectivity index (χ0v) is 6.82. The van der Waals surface area contributed by atoms with Crippen LogP contribution in [0.15, 0.2) is 0 Å². The first-order valence-electron chi connectivity index (χ1n) is 3.57. The van der Waals surface area contributed by atoms with E-state index in [2.05, 4.69) is 20.8 Å². The Morgan fingerprint density at radius 2 is 1.67 bits per heavy atom. The molecule has 0 radical (unpaired) electrons. The highest BCUT2D eigenvalue weighted by atomic mass is 16.5. The van der Waals surface area contributed by atoms with Crippen molar-refractivity contribution in [1.29, 1.82) is 0 Å². The molecule has 0 N–H and O–H groups in total. The van der Waals surface area contributed by atoms with Crippen LogP contribution in [0.5, 0.6) is 0 Å². The fourth-order valence-electron chi connectivity index (χ4n) is 1.37. The summed E-state index contributed by atoms with van der Waals surface area (Å²) in [5.74, 6) is 0. The van der Waals surface area contributed by atoms with Gasteiger partial charge < -0.3 is 4.74 Å². The van der Waals surface area contributed by atoms with Gasteiger partial charge in [0.25, 0.3) is 0 Å². The Bertz CT molecular complexity index is 106. The Balaban J connectivity index is 2.60. The number of hydrogen-bond donors (Lipinski definition) is 0. The molecule has 0 atom stereocenters. The lowest BCUT2D eigenvalue weighted by Crippen LogP contribution is -2.29. The molecule has 1 fully saturated rings. The fraction of sp³-hybridized carbons (Fsp3) is 1.00. The first-order chi connectivity index (χ1) is 4.02. The average Bonchev–Trinajstić information content (AvgIpc) is 2.40. The lowest BCUT2D eigenvalue weighted by Gasteiger charge is -2.29. The van der Waals surface area contributed by atoms with Gasteiger partial charge in [-0.1, -0.05) is 20.8 Å². The van der Waals surface area contributed by atoms with Crippen molar-refractivity contribution in [2.24, 2.45) is 5.41 Å². The molecule has 1 aliphatic carbocycles. The molecular formula is C8H16O. The van der Waals surface area contributed by atoms with E-state index in [1.807, 2.05) is 7.11 Å². The van der Waals surface area contributed by atoms with Gasteiger partial charge in [0.2, 0.25) is 0 Å². The molecule has 0 aromatic rings. The maximum absolute atomic E-state index is 5.41. The zero-order valence-electron chi connectivity index (χ0n) is 6.82. The summed E-state index contributed by atoms with van der Waals surface area (Å²) >= 11 is 0. The first-order valence-corrected chi connectivity index (χ1v) is 3.57. The van der Waals surface area contributed by atoms with Gasteiger partial charge in [0.15, 0.2) is 0 Å². The third-order valence-corrected chi connectivity index (χ3v) is 2.46. The zero-order chi connectivity index (χ0) is 7.12. The fourth-order valence-corrected chi connectivity index (χ4v) is 1.37. The van der Waals surface area contributed by atoms with Crippen LogP contribution in [-0.4, -0.2) is 12.7 Å². The molecule has 0 saturated heterocycles. The minimum absolute atomic E-state index is 0.229. The van der Waals surface area contributed by atoms with Crippen molar-refractivity contribution in [2.75, 3.05) is 7.11 Å². The van der Waals surface area contributed by atoms with Crippen LogP contribution >= 0.6 is 0 Å². The quantitative estimate of drug-likeness (QED) is 0.526. The Hall–Kier alpha value is -0.0400. The van der Waals surface area contributed by atoms with E-state index in [4.69, 9.17) is 4.74 Å². The van der Waals surface area contributed by atoms with E-state index in [0.29, 0.717) is 5.41 Å². The predicted molar refractivity (Wildman–Crippen MR) is 38.4 cm³/mol. The molecule has 1 saturated carbocycles. The smallest absolute Gasteiger partial charge is 0.0728 e. The van der Waals surface area contributed by atoms with Crippen LogP contribution in [0.2, 0.25) is 0 Å². The molecule has 54 valence electrons. The van der Waals surface area contributed by atoms with E-state index < -0.39 is 0 Å². The van der Waals surface area contributed by atoms with Crippen LogP contribution in [-0.2, 0) is 4.74 Å². The van der Waals surface area contributed by atoms with Crippen LogP contribution in [0, 0.1) is 5.41 Å². The van der Waals surface area contributed by atoms with Crippen molar-refractivity contribution >= 4 is 0 Å². The van der Waals surface area contributed by atoms with Gasteiger partial charge in [-0.05, 0) is 18.3 Å². The third kappa shape index (κ3) is 0.983. The monoisotopic (exact) mass is 128 g/mol. The molecule has 0 spiro atoms. The van der Waals surface area contributed by atoms with E-state index >= 15 is 0 Å². The number of ether oxygens (including phenoxy) is 1. The van der Waals surface area contributed by atoms with Crippen molar-refractivity contribution in [1.82, 2.24) is 0 Å². The molecule has 0 unspecified atom stereocenters. The maximum Gasteiger partial charge on any atom is 0.0728 e. The van der Waals surface area contributed by atoms with Crippen molar-refractivity contribution in [3.63, 3.8) is 0 Å². The Morgan fingerprint density at radius 3 is 1.67 bits per heavy atom. The standard InChI is InChI=1S/C8H16O/c1-7(2,3)8(9-4)5-6-8/h5-6H2,1-4H3. The summed E-state index contributed by atoms with van der Waals surface area (Å²) in [4.78, 5) is 0. The van der Waals surface area contributed by atoms with Crippen molar-refractivity contribution in [3.05, 3.63) is 0 Å². The van der Waals surface area contributed by atoms with Crippen molar-refractivity contribution in [2.45, 2.75) is 39.2 Å². The Labute approximate surface area is 57.4 Å². The van der Waals surface area contributed by atoms with Gasteiger partial charge in [-0.25, -0.2) is 0 Å². The van der Waals surface area contributed by atoms with Crippen LogP contribution in [0.25, 0.3) is 0 Å². The minimum atomic E-state index is 0.229. The molecule has 0 aromatic heterocycles. The lowest BCUT2D eigenvalue weighted by molar-refractivity contribution is -0.00737. The maximum atomic E-state index is 5.41. The second-order valence-electron chi connectivity index (χ2n) is 3.95. The van der Waals surface area contributed by atoms with E-state index in [0.717, 1.165) is 0 Å². The number of methoxy groups -OCH3 is 1. The van der Waals surface area contributed by atoms with Gasteiger partial charge in [-0.3, -0.25) is 0 Å². The van der Waals surface area contributed by atoms with Gasteiger partial charge >= 0.3 is 0 Å². The number of hydrogen-bond acceptors (Lipinski definition) is 1. The van der Waals surface area contributed by atoms with E-state index in [1.165, 1.54) is 12.8 Å². The Kier molecular flexibility index (Phi) is 1.35. The molecule has 1 nitrogen and oxygen atoms in total. The molecule has 9 heavy (non-hydrogen) atoms. The Morgan fingerprint density at radius 1 is 1.22 bits per heavy atom. The van der Waals surface area contributed by atoms with E-state index in [9.17, 15) is 0 Å². The second-order valence-corrected chi connectivity index (χ2v) is 3.95. The van der Waals surface area contributed by atoms with Gasteiger partial charge in [-0.15, -0.1) is 0 Å². The normalized spacial score (nSPS) is 24.0.